The first-order valence-electron chi connectivity index (χ1n) is 3.59. The highest BCUT2D eigenvalue weighted by atomic mass is 19.4. The van der Waals surface area contributed by atoms with E-state index in [1.165, 1.54) is 12.1 Å². The van der Waals surface area contributed by atoms with Crippen LogP contribution in [0, 0.1) is 0 Å². The first kappa shape index (κ1) is 9.77. The van der Waals surface area contributed by atoms with E-state index >= 15 is 0 Å². The molecule has 0 aliphatic carbocycles. The van der Waals surface area contributed by atoms with Crippen LogP contribution in [-0.4, -0.2) is 6.21 Å². The first-order chi connectivity index (χ1) is 6.04. The van der Waals surface area contributed by atoms with E-state index in [-0.39, 0.29) is 0 Å². The summed E-state index contributed by atoms with van der Waals surface area (Å²) in [6.45, 7) is 1.58. The third-order valence-electron chi connectivity index (χ3n) is 1.44. The van der Waals surface area contributed by atoms with Crippen molar-refractivity contribution >= 4 is 11.9 Å². The fraction of sp³-hybridized carbons (Fsp3) is 0.222. The van der Waals surface area contributed by atoms with Crippen molar-refractivity contribution in [3.63, 3.8) is 0 Å². The summed E-state index contributed by atoms with van der Waals surface area (Å²) in [6.07, 6.45) is -1.79. The van der Waals surface area contributed by atoms with Gasteiger partial charge in [0.05, 0.1) is 17.5 Å². The van der Waals surface area contributed by atoms with Crippen LogP contribution >= 0.6 is 0 Å². The van der Waals surface area contributed by atoms with E-state index in [2.05, 4.69) is 11.2 Å². The Bertz CT molecular complexity index is 298. The molecule has 0 heterocycles. The van der Waals surface area contributed by atoms with Crippen LogP contribution in [0.5, 0.6) is 0 Å². The molecule has 1 radical (unpaired) electrons. The minimum absolute atomic E-state index is 0.468. The van der Waals surface area contributed by atoms with Gasteiger partial charge in [-0.25, -0.2) is 0 Å². The summed E-state index contributed by atoms with van der Waals surface area (Å²) in [7, 11) is 0. The van der Waals surface area contributed by atoms with E-state index < -0.39 is 11.7 Å². The number of halogens is 3. The second-order valence-corrected chi connectivity index (χ2v) is 2.38. The van der Waals surface area contributed by atoms with Crippen molar-refractivity contribution in [1.82, 2.24) is 0 Å². The molecule has 0 N–H and O–H groups in total. The van der Waals surface area contributed by atoms with Crippen LogP contribution in [0.2, 0.25) is 0 Å². The Balaban J connectivity index is 2.94. The average Bonchev–Trinajstić information content (AvgIpc) is 2.04. The van der Waals surface area contributed by atoms with Gasteiger partial charge in [0.25, 0.3) is 0 Å². The van der Waals surface area contributed by atoms with Crippen LogP contribution in [-0.2, 0) is 6.18 Å². The standard InChI is InChI=1S/C9H7F3N/c1-2-13-8-5-3-7(4-6-8)9(10,11)12/h3-6H,1H3. The summed E-state index contributed by atoms with van der Waals surface area (Å²) in [5, 5.41) is 0. The van der Waals surface area contributed by atoms with E-state index in [0.717, 1.165) is 12.1 Å². The summed E-state index contributed by atoms with van der Waals surface area (Å²) in [5.41, 5.74) is -0.196. The Hall–Kier alpha value is -1.32. The quantitative estimate of drug-likeness (QED) is 0.596. The Morgan fingerprint density at radius 3 is 2.08 bits per heavy atom. The fourth-order valence-electron chi connectivity index (χ4n) is 0.854. The third kappa shape index (κ3) is 2.57. The van der Waals surface area contributed by atoms with Gasteiger partial charge < -0.3 is 0 Å². The largest absolute Gasteiger partial charge is 0.416 e. The highest BCUT2D eigenvalue weighted by Gasteiger charge is 2.29. The number of aliphatic imine (C=N–C) groups is 1. The molecule has 13 heavy (non-hydrogen) atoms. The van der Waals surface area contributed by atoms with Crippen LogP contribution in [0.3, 0.4) is 0 Å². The number of nitrogens with zero attached hydrogens (tertiary/aromatic N) is 1. The van der Waals surface area contributed by atoms with Crippen LogP contribution < -0.4 is 0 Å². The van der Waals surface area contributed by atoms with Gasteiger partial charge in [-0.1, -0.05) is 0 Å². The highest BCUT2D eigenvalue weighted by molar-refractivity contribution is 5.60. The maximum atomic E-state index is 12.1. The number of alkyl halides is 3. The molecule has 0 saturated carbocycles. The van der Waals surface area contributed by atoms with E-state index in [0.29, 0.717) is 5.69 Å². The van der Waals surface area contributed by atoms with E-state index in [1.807, 2.05) is 0 Å². The first-order valence-corrected chi connectivity index (χ1v) is 3.59. The highest BCUT2D eigenvalue weighted by Crippen LogP contribution is 2.30. The lowest BCUT2D eigenvalue weighted by atomic mass is 10.2. The summed E-state index contributed by atoms with van der Waals surface area (Å²) >= 11 is 0. The summed E-state index contributed by atoms with van der Waals surface area (Å²) in [5.74, 6) is 0. The third-order valence-corrected chi connectivity index (χ3v) is 1.44. The Morgan fingerprint density at radius 1 is 1.15 bits per heavy atom. The van der Waals surface area contributed by atoms with Gasteiger partial charge in [0.2, 0.25) is 0 Å². The molecule has 1 nitrogen and oxygen atoms in total. The number of hydrogen-bond donors (Lipinski definition) is 0. The van der Waals surface area contributed by atoms with Gasteiger partial charge >= 0.3 is 6.18 Å². The Labute approximate surface area is 73.9 Å². The lowest BCUT2D eigenvalue weighted by Crippen LogP contribution is -2.03. The Kier molecular flexibility index (Phi) is 2.70. The summed E-state index contributed by atoms with van der Waals surface area (Å²) in [6, 6.07) is 4.60. The topological polar surface area (TPSA) is 12.4 Å². The van der Waals surface area contributed by atoms with Gasteiger partial charge in [0, 0.05) is 0 Å². The van der Waals surface area contributed by atoms with Crippen molar-refractivity contribution in [2.24, 2.45) is 4.99 Å². The smallest absolute Gasteiger partial charge is 0.252 e. The lowest BCUT2D eigenvalue weighted by molar-refractivity contribution is -0.137. The molecule has 4 heteroatoms. The second kappa shape index (κ2) is 3.60. The van der Waals surface area contributed by atoms with Crippen LogP contribution in [0.1, 0.15) is 12.5 Å². The maximum absolute atomic E-state index is 12.1. The van der Waals surface area contributed by atoms with Gasteiger partial charge in [-0.05, 0) is 31.2 Å². The molecule has 0 saturated heterocycles. The van der Waals surface area contributed by atoms with Crippen LogP contribution in [0.4, 0.5) is 18.9 Å². The SMILES string of the molecule is C[C]=Nc1ccc(C(F)(F)F)cc1. The van der Waals surface area contributed by atoms with Crippen LogP contribution in [0.25, 0.3) is 0 Å². The maximum Gasteiger partial charge on any atom is 0.416 e. The number of hydrogen-bond acceptors (Lipinski definition) is 1. The minimum atomic E-state index is -4.28. The minimum Gasteiger partial charge on any atom is -0.252 e. The summed E-state index contributed by atoms with van der Waals surface area (Å²) in [4.78, 5) is 3.71. The summed E-state index contributed by atoms with van der Waals surface area (Å²) < 4.78 is 36.2. The Morgan fingerprint density at radius 2 is 1.69 bits per heavy atom. The monoisotopic (exact) mass is 186 g/mol. The van der Waals surface area contributed by atoms with E-state index in [1.54, 1.807) is 6.92 Å². The molecule has 0 aliphatic heterocycles. The van der Waals surface area contributed by atoms with Gasteiger partial charge in [0.1, 0.15) is 0 Å². The molecule has 0 amide bonds. The normalized spacial score (nSPS) is 12.3. The molecule has 0 spiro atoms. The van der Waals surface area contributed by atoms with Gasteiger partial charge in [-0.15, -0.1) is 0 Å². The molecular weight excluding hydrogens is 179 g/mol. The molecule has 1 aromatic carbocycles. The van der Waals surface area contributed by atoms with Gasteiger partial charge in [-0.2, -0.15) is 13.2 Å². The van der Waals surface area contributed by atoms with Crippen molar-refractivity contribution < 1.29 is 13.2 Å². The molecule has 1 rings (SSSR count). The van der Waals surface area contributed by atoms with Crippen molar-refractivity contribution in [2.45, 2.75) is 13.1 Å². The zero-order chi connectivity index (χ0) is 9.90. The van der Waals surface area contributed by atoms with E-state index in [9.17, 15) is 13.2 Å². The molecule has 0 atom stereocenters. The van der Waals surface area contributed by atoms with Crippen molar-refractivity contribution in [3.8, 4) is 0 Å². The van der Waals surface area contributed by atoms with E-state index in [4.69, 9.17) is 0 Å². The lowest BCUT2D eigenvalue weighted by Gasteiger charge is -2.05. The number of rotatable bonds is 1. The molecule has 0 aromatic heterocycles. The number of benzene rings is 1. The van der Waals surface area contributed by atoms with Gasteiger partial charge in [-0.3, -0.25) is 4.99 Å². The molecule has 0 bridgehead atoms. The second-order valence-electron chi connectivity index (χ2n) is 2.38. The fourth-order valence-corrected chi connectivity index (χ4v) is 0.854. The predicted octanol–water partition coefficient (Wildman–Crippen LogP) is 3.30. The zero-order valence-electron chi connectivity index (χ0n) is 6.89. The zero-order valence-corrected chi connectivity index (χ0v) is 6.89. The molecule has 0 unspecified atom stereocenters. The van der Waals surface area contributed by atoms with Crippen molar-refractivity contribution in [3.05, 3.63) is 29.8 Å². The molecule has 1 aromatic rings. The molecular formula is C9H7F3N. The van der Waals surface area contributed by atoms with Crippen molar-refractivity contribution in [2.75, 3.05) is 0 Å². The van der Waals surface area contributed by atoms with Crippen LogP contribution in [0.15, 0.2) is 29.3 Å². The molecule has 0 fully saturated rings. The molecule has 0 aliphatic rings. The molecule has 69 valence electrons. The van der Waals surface area contributed by atoms with Crippen molar-refractivity contribution in [1.29, 1.82) is 0 Å². The predicted molar refractivity (Wildman–Crippen MR) is 44.2 cm³/mol. The van der Waals surface area contributed by atoms with Gasteiger partial charge in [0.15, 0.2) is 0 Å². The average molecular weight is 186 g/mol.